The van der Waals surface area contributed by atoms with Gasteiger partial charge in [-0.2, -0.15) is 0 Å². The van der Waals surface area contributed by atoms with Crippen LogP contribution in [0.1, 0.15) is 29.6 Å². The van der Waals surface area contributed by atoms with Gasteiger partial charge in [0.25, 0.3) is 5.91 Å². The number of carbonyl (C=O) groups is 1. The molecule has 1 atom stereocenters. The lowest BCUT2D eigenvalue weighted by Gasteiger charge is -2.29. The molecule has 3 fully saturated rings. The molecule has 0 N–H and O–H groups in total. The maximum absolute atomic E-state index is 13.0. The molecule has 3 aliphatic rings. The van der Waals surface area contributed by atoms with E-state index in [0.717, 1.165) is 70.3 Å². The lowest BCUT2D eigenvalue weighted by Crippen LogP contribution is -2.40. The van der Waals surface area contributed by atoms with E-state index in [4.69, 9.17) is 9.47 Å². The van der Waals surface area contributed by atoms with Crippen molar-refractivity contribution in [1.82, 2.24) is 9.80 Å². The fraction of sp³-hybridized carbons (Fsp3) is 0.650. The van der Waals surface area contributed by atoms with Crippen LogP contribution >= 0.6 is 0 Å². The molecule has 5 heteroatoms. The lowest BCUT2D eigenvalue weighted by atomic mass is 10.1. The van der Waals surface area contributed by atoms with Crippen LogP contribution in [0, 0.1) is 11.8 Å². The summed E-state index contributed by atoms with van der Waals surface area (Å²) in [5.41, 5.74) is 0.718. The monoisotopic (exact) mass is 344 g/mol. The molecule has 1 amide bonds. The molecule has 1 aliphatic carbocycles. The van der Waals surface area contributed by atoms with Crippen molar-refractivity contribution in [3.05, 3.63) is 29.8 Å². The first-order chi connectivity index (χ1) is 12.3. The van der Waals surface area contributed by atoms with E-state index in [-0.39, 0.29) is 5.91 Å². The number of rotatable bonds is 6. The number of hydrogen-bond donors (Lipinski definition) is 0. The van der Waals surface area contributed by atoms with Crippen molar-refractivity contribution < 1.29 is 14.3 Å². The molecule has 2 heterocycles. The average molecular weight is 344 g/mol. The number of likely N-dealkylation sites (tertiary alicyclic amines) is 1. The number of amides is 1. The molecule has 1 aromatic rings. The second-order valence-electron chi connectivity index (χ2n) is 7.57. The van der Waals surface area contributed by atoms with Crippen LogP contribution in [-0.2, 0) is 4.74 Å². The van der Waals surface area contributed by atoms with Gasteiger partial charge in [0.05, 0.1) is 25.4 Å². The number of nitrogens with zero attached hydrogens (tertiary/aromatic N) is 2. The average Bonchev–Trinajstić information content (AvgIpc) is 3.38. The molecule has 136 valence electrons. The van der Waals surface area contributed by atoms with Gasteiger partial charge in [-0.3, -0.25) is 9.69 Å². The standard InChI is InChI=1S/C20H28N2O3/c23-20(18-3-1-2-4-19(18)25-15-16-5-6-16)22-8-7-17(14-22)13-21-9-11-24-12-10-21/h1-4,16-17H,5-15H2/t17-/m1/s1. The molecule has 25 heavy (non-hydrogen) atoms. The van der Waals surface area contributed by atoms with Gasteiger partial charge in [-0.1, -0.05) is 12.1 Å². The van der Waals surface area contributed by atoms with Gasteiger partial charge >= 0.3 is 0 Å². The highest BCUT2D eigenvalue weighted by Gasteiger charge is 2.30. The van der Waals surface area contributed by atoms with E-state index in [0.29, 0.717) is 11.8 Å². The molecule has 1 saturated carbocycles. The Balaban J connectivity index is 1.34. The number of morpholine rings is 1. The second-order valence-corrected chi connectivity index (χ2v) is 7.57. The first-order valence-electron chi connectivity index (χ1n) is 9.61. The van der Waals surface area contributed by atoms with Crippen LogP contribution in [0.5, 0.6) is 5.75 Å². The predicted molar refractivity (Wildman–Crippen MR) is 95.9 cm³/mol. The maximum atomic E-state index is 13.0. The smallest absolute Gasteiger partial charge is 0.257 e. The Morgan fingerprint density at radius 2 is 1.88 bits per heavy atom. The Hall–Kier alpha value is -1.59. The Morgan fingerprint density at radius 1 is 1.08 bits per heavy atom. The Bertz CT molecular complexity index is 596. The summed E-state index contributed by atoms with van der Waals surface area (Å²) in [5.74, 6) is 2.13. The first-order valence-corrected chi connectivity index (χ1v) is 9.61. The predicted octanol–water partition coefficient (Wildman–Crippen LogP) is 2.27. The van der Waals surface area contributed by atoms with Crippen molar-refractivity contribution in [2.45, 2.75) is 19.3 Å². The highest BCUT2D eigenvalue weighted by Crippen LogP contribution is 2.31. The van der Waals surface area contributed by atoms with E-state index < -0.39 is 0 Å². The van der Waals surface area contributed by atoms with Gasteiger partial charge in [-0.15, -0.1) is 0 Å². The summed E-state index contributed by atoms with van der Waals surface area (Å²) in [5, 5.41) is 0. The SMILES string of the molecule is O=C(c1ccccc1OCC1CC1)N1CC[C@H](CN2CCOCC2)C1. The molecule has 5 nitrogen and oxygen atoms in total. The van der Waals surface area contributed by atoms with E-state index in [2.05, 4.69) is 4.90 Å². The normalized spacial score (nSPS) is 24.5. The Morgan fingerprint density at radius 3 is 2.68 bits per heavy atom. The van der Waals surface area contributed by atoms with Gasteiger partial charge in [-0.05, 0) is 43.2 Å². The highest BCUT2D eigenvalue weighted by molar-refractivity contribution is 5.97. The zero-order chi connectivity index (χ0) is 17.1. The molecule has 2 aliphatic heterocycles. The van der Waals surface area contributed by atoms with Gasteiger partial charge < -0.3 is 14.4 Å². The van der Waals surface area contributed by atoms with Crippen molar-refractivity contribution in [3.63, 3.8) is 0 Å². The fourth-order valence-corrected chi connectivity index (χ4v) is 3.75. The van der Waals surface area contributed by atoms with Crippen molar-refractivity contribution in [2.24, 2.45) is 11.8 Å². The van der Waals surface area contributed by atoms with Crippen molar-refractivity contribution in [3.8, 4) is 5.75 Å². The van der Waals surface area contributed by atoms with Gasteiger partial charge in [0.2, 0.25) is 0 Å². The number of benzene rings is 1. The number of para-hydroxylation sites is 1. The molecule has 4 rings (SSSR count). The Kier molecular flexibility index (Phi) is 5.22. The molecule has 1 aromatic carbocycles. The summed E-state index contributed by atoms with van der Waals surface area (Å²) < 4.78 is 11.3. The Labute approximate surface area is 149 Å². The molecule has 2 saturated heterocycles. The maximum Gasteiger partial charge on any atom is 0.257 e. The largest absolute Gasteiger partial charge is 0.492 e. The van der Waals surface area contributed by atoms with E-state index >= 15 is 0 Å². The quantitative estimate of drug-likeness (QED) is 0.794. The molecule has 0 spiro atoms. The third kappa shape index (κ3) is 4.33. The third-order valence-electron chi connectivity index (χ3n) is 5.48. The minimum absolute atomic E-state index is 0.121. The summed E-state index contributed by atoms with van der Waals surface area (Å²) in [7, 11) is 0. The molecular weight excluding hydrogens is 316 g/mol. The molecule has 0 radical (unpaired) electrons. The minimum Gasteiger partial charge on any atom is -0.492 e. The fourth-order valence-electron chi connectivity index (χ4n) is 3.75. The number of ether oxygens (including phenoxy) is 2. The van der Waals surface area contributed by atoms with Crippen LogP contribution in [0.4, 0.5) is 0 Å². The number of carbonyl (C=O) groups excluding carboxylic acids is 1. The van der Waals surface area contributed by atoms with Crippen LogP contribution in [0.15, 0.2) is 24.3 Å². The molecular formula is C20H28N2O3. The molecule has 0 bridgehead atoms. The van der Waals surface area contributed by atoms with Gasteiger partial charge in [0, 0.05) is 32.7 Å². The minimum atomic E-state index is 0.121. The van der Waals surface area contributed by atoms with Crippen molar-refractivity contribution in [2.75, 3.05) is 52.5 Å². The summed E-state index contributed by atoms with van der Waals surface area (Å²) in [6.07, 6.45) is 3.60. The van der Waals surface area contributed by atoms with Gasteiger partial charge in [0.15, 0.2) is 0 Å². The van der Waals surface area contributed by atoms with Crippen LogP contribution in [0.25, 0.3) is 0 Å². The van der Waals surface area contributed by atoms with Crippen LogP contribution in [0.3, 0.4) is 0 Å². The summed E-state index contributed by atoms with van der Waals surface area (Å²) >= 11 is 0. The highest BCUT2D eigenvalue weighted by atomic mass is 16.5. The summed E-state index contributed by atoms with van der Waals surface area (Å²) in [6, 6.07) is 7.71. The van der Waals surface area contributed by atoms with E-state index in [9.17, 15) is 4.79 Å². The van der Waals surface area contributed by atoms with Crippen molar-refractivity contribution >= 4 is 5.91 Å². The van der Waals surface area contributed by atoms with Crippen LogP contribution < -0.4 is 4.74 Å². The van der Waals surface area contributed by atoms with Crippen molar-refractivity contribution in [1.29, 1.82) is 0 Å². The molecule has 0 aromatic heterocycles. The lowest BCUT2D eigenvalue weighted by molar-refractivity contribution is 0.0310. The number of hydrogen-bond acceptors (Lipinski definition) is 4. The zero-order valence-corrected chi connectivity index (χ0v) is 14.9. The van der Waals surface area contributed by atoms with Crippen LogP contribution in [-0.4, -0.2) is 68.3 Å². The summed E-state index contributed by atoms with van der Waals surface area (Å²) in [6.45, 7) is 7.22. The zero-order valence-electron chi connectivity index (χ0n) is 14.9. The molecule has 0 unspecified atom stereocenters. The van der Waals surface area contributed by atoms with Gasteiger partial charge in [0.1, 0.15) is 5.75 Å². The van der Waals surface area contributed by atoms with Gasteiger partial charge in [-0.25, -0.2) is 0 Å². The third-order valence-corrected chi connectivity index (χ3v) is 5.48. The van der Waals surface area contributed by atoms with E-state index in [1.165, 1.54) is 12.8 Å². The first kappa shape index (κ1) is 16.9. The van der Waals surface area contributed by atoms with E-state index in [1.54, 1.807) is 0 Å². The van der Waals surface area contributed by atoms with Crippen LogP contribution in [0.2, 0.25) is 0 Å². The topological polar surface area (TPSA) is 42.0 Å². The second kappa shape index (κ2) is 7.75. The van der Waals surface area contributed by atoms with E-state index in [1.807, 2.05) is 29.2 Å². The summed E-state index contributed by atoms with van der Waals surface area (Å²) in [4.78, 5) is 17.4.